The first kappa shape index (κ1) is 16.2. The first-order valence-corrected chi connectivity index (χ1v) is 8.75. The van der Waals surface area contributed by atoms with Gasteiger partial charge in [0.25, 0.3) is 0 Å². The number of nitrogens with zero attached hydrogens (tertiary/aromatic N) is 1. The van der Waals surface area contributed by atoms with Crippen LogP contribution in [0, 0.1) is 0 Å². The second-order valence-corrected chi connectivity index (χ2v) is 6.96. The number of hydrogen-bond acceptors (Lipinski definition) is 3. The van der Waals surface area contributed by atoms with Gasteiger partial charge in [-0.1, -0.05) is 19.8 Å². The molecule has 1 aromatic rings. The van der Waals surface area contributed by atoms with Gasteiger partial charge < -0.3 is 15.4 Å². The third-order valence-electron chi connectivity index (χ3n) is 5.19. The van der Waals surface area contributed by atoms with E-state index in [0.717, 1.165) is 32.3 Å². The molecule has 23 heavy (non-hydrogen) atoms. The highest BCUT2D eigenvalue weighted by Gasteiger charge is 2.40. The SMILES string of the molecule is C[C@H](CNC(=O)N[C@H]1CCOC2(CCCC2)C1)c1ccncc1. The summed E-state index contributed by atoms with van der Waals surface area (Å²) in [5.41, 5.74) is 1.23. The topological polar surface area (TPSA) is 63.2 Å². The van der Waals surface area contributed by atoms with Gasteiger partial charge >= 0.3 is 6.03 Å². The lowest BCUT2D eigenvalue weighted by Gasteiger charge is -2.38. The van der Waals surface area contributed by atoms with Gasteiger partial charge in [0.05, 0.1) is 5.60 Å². The van der Waals surface area contributed by atoms with E-state index in [1.165, 1.54) is 18.4 Å². The molecule has 1 aliphatic heterocycles. The molecule has 5 nitrogen and oxygen atoms in total. The normalized spacial score (nSPS) is 24.3. The van der Waals surface area contributed by atoms with E-state index in [0.29, 0.717) is 6.54 Å². The van der Waals surface area contributed by atoms with E-state index in [-0.39, 0.29) is 23.6 Å². The van der Waals surface area contributed by atoms with Crippen molar-refractivity contribution < 1.29 is 9.53 Å². The van der Waals surface area contributed by atoms with Crippen LogP contribution in [0.15, 0.2) is 24.5 Å². The largest absolute Gasteiger partial charge is 0.375 e. The Labute approximate surface area is 138 Å². The number of rotatable bonds is 4. The lowest BCUT2D eigenvalue weighted by Crippen LogP contribution is -2.50. The van der Waals surface area contributed by atoms with Crippen LogP contribution in [0.1, 0.15) is 56.9 Å². The van der Waals surface area contributed by atoms with Crippen molar-refractivity contribution in [3.63, 3.8) is 0 Å². The molecule has 0 unspecified atom stereocenters. The molecule has 1 aromatic heterocycles. The number of nitrogens with one attached hydrogen (secondary N) is 2. The fraction of sp³-hybridized carbons (Fsp3) is 0.667. The van der Waals surface area contributed by atoms with E-state index >= 15 is 0 Å². The molecule has 1 aliphatic carbocycles. The molecule has 2 atom stereocenters. The summed E-state index contributed by atoms with van der Waals surface area (Å²) >= 11 is 0. The molecular weight excluding hydrogens is 290 g/mol. The average Bonchev–Trinajstić information content (AvgIpc) is 3.01. The Morgan fingerprint density at radius 2 is 2.13 bits per heavy atom. The van der Waals surface area contributed by atoms with Crippen LogP contribution in [-0.4, -0.2) is 35.8 Å². The van der Waals surface area contributed by atoms with E-state index in [1.54, 1.807) is 12.4 Å². The van der Waals surface area contributed by atoms with Gasteiger partial charge in [-0.15, -0.1) is 0 Å². The molecule has 3 rings (SSSR count). The molecule has 5 heteroatoms. The van der Waals surface area contributed by atoms with E-state index in [1.807, 2.05) is 12.1 Å². The Hall–Kier alpha value is -1.62. The van der Waals surface area contributed by atoms with Crippen LogP contribution in [0.2, 0.25) is 0 Å². The number of amides is 2. The van der Waals surface area contributed by atoms with Crippen molar-refractivity contribution in [3.8, 4) is 0 Å². The molecule has 2 aliphatic rings. The molecule has 2 heterocycles. The van der Waals surface area contributed by atoms with E-state index in [4.69, 9.17) is 4.74 Å². The minimum Gasteiger partial charge on any atom is -0.375 e. The molecule has 0 aromatic carbocycles. The van der Waals surface area contributed by atoms with Gasteiger partial charge in [-0.2, -0.15) is 0 Å². The van der Waals surface area contributed by atoms with Crippen LogP contribution in [0.3, 0.4) is 0 Å². The van der Waals surface area contributed by atoms with Crippen molar-refractivity contribution >= 4 is 6.03 Å². The number of carbonyl (C=O) groups excluding carboxylic acids is 1. The summed E-state index contributed by atoms with van der Waals surface area (Å²) in [5, 5.41) is 6.13. The van der Waals surface area contributed by atoms with Crippen LogP contribution < -0.4 is 10.6 Å². The van der Waals surface area contributed by atoms with Gasteiger partial charge in [0.15, 0.2) is 0 Å². The van der Waals surface area contributed by atoms with Crippen molar-refractivity contribution in [1.29, 1.82) is 0 Å². The number of urea groups is 1. The maximum absolute atomic E-state index is 12.2. The van der Waals surface area contributed by atoms with Crippen molar-refractivity contribution in [2.45, 2.75) is 63.0 Å². The molecule has 2 amide bonds. The van der Waals surface area contributed by atoms with E-state index in [9.17, 15) is 4.79 Å². The fourth-order valence-electron chi connectivity index (χ4n) is 3.81. The second-order valence-electron chi connectivity index (χ2n) is 6.96. The zero-order valence-corrected chi connectivity index (χ0v) is 13.9. The quantitative estimate of drug-likeness (QED) is 0.897. The standard InChI is InChI=1S/C18H27N3O2/c1-14(15-4-9-19-10-5-15)13-20-17(22)21-16-6-11-23-18(12-16)7-2-3-8-18/h4-5,9-10,14,16H,2-3,6-8,11-13H2,1H3,(H2,20,21,22)/t14-,16+/m1/s1. The summed E-state index contributed by atoms with van der Waals surface area (Å²) in [6.07, 6.45) is 10.2. The van der Waals surface area contributed by atoms with Gasteiger partial charge in [0, 0.05) is 31.6 Å². The molecule has 0 bridgehead atoms. The Bertz CT molecular complexity index is 514. The van der Waals surface area contributed by atoms with Crippen molar-refractivity contribution in [2.24, 2.45) is 0 Å². The van der Waals surface area contributed by atoms with Crippen LogP contribution in [-0.2, 0) is 4.74 Å². The summed E-state index contributed by atoms with van der Waals surface area (Å²) in [6, 6.07) is 4.16. The predicted molar refractivity (Wildman–Crippen MR) is 89.4 cm³/mol. The maximum atomic E-state index is 12.2. The second kappa shape index (κ2) is 7.30. The number of hydrogen-bond donors (Lipinski definition) is 2. The highest BCUT2D eigenvalue weighted by Crippen LogP contribution is 2.39. The van der Waals surface area contributed by atoms with Crippen molar-refractivity contribution in [2.75, 3.05) is 13.2 Å². The highest BCUT2D eigenvalue weighted by molar-refractivity contribution is 5.74. The first-order valence-electron chi connectivity index (χ1n) is 8.75. The molecule has 2 fully saturated rings. The minimum atomic E-state index is -0.0639. The highest BCUT2D eigenvalue weighted by atomic mass is 16.5. The molecule has 0 radical (unpaired) electrons. The monoisotopic (exact) mass is 317 g/mol. The van der Waals surface area contributed by atoms with E-state index in [2.05, 4.69) is 22.5 Å². The molecule has 1 saturated heterocycles. The molecule has 1 spiro atoms. The average molecular weight is 317 g/mol. The van der Waals surface area contributed by atoms with Crippen LogP contribution >= 0.6 is 0 Å². The van der Waals surface area contributed by atoms with Gasteiger partial charge in [-0.25, -0.2) is 4.79 Å². The van der Waals surface area contributed by atoms with Crippen LogP contribution in [0.5, 0.6) is 0 Å². The maximum Gasteiger partial charge on any atom is 0.315 e. The summed E-state index contributed by atoms with van der Waals surface area (Å²) in [4.78, 5) is 16.2. The smallest absolute Gasteiger partial charge is 0.315 e. The number of carbonyl (C=O) groups is 1. The Kier molecular flexibility index (Phi) is 5.16. The van der Waals surface area contributed by atoms with Crippen LogP contribution in [0.25, 0.3) is 0 Å². The molecular formula is C18H27N3O2. The van der Waals surface area contributed by atoms with Gasteiger partial charge in [-0.05, 0) is 49.3 Å². The molecule has 126 valence electrons. The summed E-state index contributed by atoms with van der Waals surface area (Å²) in [5.74, 6) is 0.277. The summed E-state index contributed by atoms with van der Waals surface area (Å²) in [7, 11) is 0. The van der Waals surface area contributed by atoms with Gasteiger partial charge in [-0.3, -0.25) is 4.98 Å². The van der Waals surface area contributed by atoms with E-state index < -0.39 is 0 Å². The third kappa shape index (κ3) is 4.22. The van der Waals surface area contributed by atoms with Gasteiger partial charge in [0.2, 0.25) is 0 Å². The minimum absolute atomic E-state index is 0.0422. The molecule has 1 saturated carbocycles. The third-order valence-corrected chi connectivity index (χ3v) is 5.19. The summed E-state index contributed by atoms with van der Waals surface area (Å²) in [6.45, 7) is 3.50. The Balaban J connectivity index is 1.44. The predicted octanol–water partition coefficient (Wildman–Crippen LogP) is 2.98. The Morgan fingerprint density at radius 1 is 1.39 bits per heavy atom. The van der Waals surface area contributed by atoms with Gasteiger partial charge in [0.1, 0.15) is 0 Å². The number of aromatic nitrogens is 1. The number of ether oxygens (including phenoxy) is 1. The summed E-state index contributed by atoms with van der Waals surface area (Å²) < 4.78 is 6.02. The zero-order chi connectivity index (χ0) is 16.1. The zero-order valence-electron chi connectivity index (χ0n) is 13.9. The van der Waals surface area contributed by atoms with Crippen LogP contribution in [0.4, 0.5) is 4.79 Å². The molecule has 2 N–H and O–H groups in total. The Morgan fingerprint density at radius 3 is 2.87 bits per heavy atom. The lowest BCUT2D eigenvalue weighted by molar-refractivity contribution is -0.0820. The van der Waals surface area contributed by atoms with Crippen molar-refractivity contribution in [3.05, 3.63) is 30.1 Å². The number of pyridine rings is 1. The fourth-order valence-corrected chi connectivity index (χ4v) is 3.81. The van der Waals surface area contributed by atoms with Crippen molar-refractivity contribution in [1.82, 2.24) is 15.6 Å². The first-order chi connectivity index (χ1) is 11.2. The lowest BCUT2D eigenvalue weighted by atomic mass is 9.89.